The molecule has 4 rings (SSSR count). The number of carboxylic acid groups (broad SMARTS) is 1. The third-order valence-corrected chi connectivity index (χ3v) is 5.64. The highest BCUT2D eigenvalue weighted by atomic mass is 16.4. The first-order chi connectivity index (χ1) is 13.0. The molecule has 0 aliphatic heterocycles. The molecule has 2 saturated carbocycles. The molecule has 0 unspecified atom stereocenters. The highest BCUT2D eigenvalue weighted by Crippen LogP contribution is 2.34. The standard InChI is InChI=1S/C20H26N4O3/c1-23-8-7-14-3-2-4-17(19(14)23)22-20(27)21-15-9-16(10-15)24(12-18(25)26)11-13-5-6-13/h2-4,7-8,13,15-16H,5-6,9-12H2,1H3,(H,25,26)(H2,21,22,27). The number of carboxylic acids is 1. The normalized spacial score (nSPS) is 21.9. The fraction of sp³-hybridized carbons (Fsp3) is 0.500. The van der Waals surface area contributed by atoms with Gasteiger partial charge in [-0.2, -0.15) is 0 Å². The molecule has 2 amide bonds. The molecule has 1 heterocycles. The Kier molecular flexibility index (Phi) is 4.78. The number of carbonyl (C=O) groups excluding carboxylic acids is 1. The second-order valence-corrected chi connectivity index (χ2v) is 7.86. The Labute approximate surface area is 158 Å². The average molecular weight is 370 g/mol. The maximum absolute atomic E-state index is 12.4. The molecule has 2 aromatic rings. The van der Waals surface area contributed by atoms with Crippen LogP contribution >= 0.6 is 0 Å². The lowest BCUT2D eigenvalue weighted by Gasteiger charge is -2.42. The lowest BCUT2D eigenvalue weighted by molar-refractivity contribution is -0.139. The predicted octanol–water partition coefficient (Wildman–Crippen LogP) is 2.63. The first-order valence-electron chi connectivity index (χ1n) is 9.57. The molecular weight excluding hydrogens is 344 g/mol. The van der Waals surface area contributed by atoms with E-state index < -0.39 is 5.97 Å². The van der Waals surface area contributed by atoms with Gasteiger partial charge in [0, 0.05) is 37.3 Å². The van der Waals surface area contributed by atoms with Crippen LogP contribution in [0.4, 0.5) is 10.5 Å². The SMILES string of the molecule is Cn1ccc2cccc(NC(=O)NC3CC(N(CC(=O)O)CC4CC4)C3)c21. The van der Waals surface area contributed by atoms with E-state index in [1.807, 2.05) is 42.1 Å². The van der Waals surface area contributed by atoms with Gasteiger partial charge < -0.3 is 20.3 Å². The van der Waals surface area contributed by atoms with E-state index in [9.17, 15) is 9.59 Å². The number of nitrogens with zero attached hydrogens (tertiary/aromatic N) is 2. The summed E-state index contributed by atoms with van der Waals surface area (Å²) < 4.78 is 1.99. The molecule has 144 valence electrons. The largest absolute Gasteiger partial charge is 0.480 e. The number of urea groups is 1. The molecule has 0 spiro atoms. The first kappa shape index (κ1) is 17.9. The summed E-state index contributed by atoms with van der Waals surface area (Å²) in [5.41, 5.74) is 1.78. The third kappa shape index (κ3) is 4.08. The molecule has 0 saturated heterocycles. The van der Waals surface area contributed by atoms with Gasteiger partial charge in [0.05, 0.1) is 17.7 Å². The smallest absolute Gasteiger partial charge is 0.319 e. The number of nitrogens with one attached hydrogen (secondary N) is 2. The van der Waals surface area contributed by atoms with Gasteiger partial charge in [0.25, 0.3) is 0 Å². The van der Waals surface area contributed by atoms with E-state index in [4.69, 9.17) is 5.11 Å². The number of anilines is 1. The molecule has 2 fully saturated rings. The fourth-order valence-electron chi connectivity index (χ4n) is 3.95. The molecule has 7 nitrogen and oxygen atoms in total. The Morgan fingerprint density at radius 1 is 1.26 bits per heavy atom. The van der Waals surface area contributed by atoms with Gasteiger partial charge in [-0.15, -0.1) is 0 Å². The van der Waals surface area contributed by atoms with Crippen LogP contribution in [0.3, 0.4) is 0 Å². The molecular formula is C20H26N4O3. The van der Waals surface area contributed by atoms with Gasteiger partial charge in [-0.1, -0.05) is 12.1 Å². The highest BCUT2D eigenvalue weighted by molar-refractivity contribution is 6.00. The van der Waals surface area contributed by atoms with E-state index in [-0.39, 0.29) is 24.7 Å². The number of benzene rings is 1. The van der Waals surface area contributed by atoms with Crippen molar-refractivity contribution < 1.29 is 14.7 Å². The van der Waals surface area contributed by atoms with Crippen LogP contribution in [0.1, 0.15) is 25.7 Å². The summed E-state index contributed by atoms with van der Waals surface area (Å²) in [6.07, 6.45) is 6.00. The van der Waals surface area contributed by atoms with Crippen molar-refractivity contribution >= 4 is 28.6 Å². The van der Waals surface area contributed by atoms with E-state index in [1.165, 1.54) is 12.8 Å². The highest BCUT2D eigenvalue weighted by Gasteiger charge is 2.37. The second-order valence-electron chi connectivity index (χ2n) is 7.86. The molecule has 0 radical (unpaired) electrons. The van der Waals surface area contributed by atoms with Gasteiger partial charge >= 0.3 is 12.0 Å². The molecule has 1 aromatic heterocycles. The first-order valence-corrected chi connectivity index (χ1v) is 9.57. The zero-order valence-corrected chi connectivity index (χ0v) is 15.5. The molecule has 2 aliphatic rings. The number of carbonyl (C=O) groups is 2. The number of aliphatic carboxylic acids is 1. The monoisotopic (exact) mass is 370 g/mol. The molecule has 27 heavy (non-hydrogen) atoms. The van der Waals surface area contributed by atoms with E-state index >= 15 is 0 Å². The van der Waals surface area contributed by atoms with E-state index in [1.54, 1.807) is 0 Å². The minimum atomic E-state index is -0.777. The summed E-state index contributed by atoms with van der Waals surface area (Å²) in [7, 11) is 1.96. The van der Waals surface area contributed by atoms with Crippen LogP contribution in [0.15, 0.2) is 30.5 Å². The van der Waals surface area contributed by atoms with Crippen molar-refractivity contribution in [3.8, 4) is 0 Å². The summed E-state index contributed by atoms with van der Waals surface area (Å²) in [6.45, 7) is 0.959. The number of aryl methyl sites for hydroxylation is 1. The summed E-state index contributed by atoms with van der Waals surface area (Å²) >= 11 is 0. The number of rotatable bonds is 7. The van der Waals surface area contributed by atoms with Crippen molar-refractivity contribution in [3.63, 3.8) is 0 Å². The second kappa shape index (κ2) is 7.23. The van der Waals surface area contributed by atoms with Crippen LogP contribution in [0.25, 0.3) is 10.9 Å². The lowest BCUT2D eigenvalue weighted by atomic mass is 9.85. The van der Waals surface area contributed by atoms with Crippen molar-refractivity contribution in [2.45, 2.75) is 37.8 Å². The number of hydrogen-bond acceptors (Lipinski definition) is 3. The van der Waals surface area contributed by atoms with Gasteiger partial charge in [-0.25, -0.2) is 4.79 Å². The van der Waals surface area contributed by atoms with E-state index in [0.29, 0.717) is 5.92 Å². The summed E-state index contributed by atoms with van der Waals surface area (Å²) in [5, 5.41) is 16.2. The van der Waals surface area contributed by atoms with Gasteiger partial charge in [0.1, 0.15) is 0 Å². The Bertz CT molecular complexity index is 852. The van der Waals surface area contributed by atoms with Crippen LogP contribution < -0.4 is 10.6 Å². The van der Waals surface area contributed by atoms with Crippen LogP contribution in [-0.2, 0) is 11.8 Å². The van der Waals surface area contributed by atoms with Gasteiger partial charge in [0.15, 0.2) is 0 Å². The quantitative estimate of drug-likeness (QED) is 0.699. The molecule has 2 aliphatic carbocycles. The van der Waals surface area contributed by atoms with Crippen LogP contribution in [0.5, 0.6) is 0 Å². The van der Waals surface area contributed by atoms with Crippen LogP contribution in [0, 0.1) is 5.92 Å². The van der Waals surface area contributed by atoms with Crippen LogP contribution in [-0.4, -0.2) is 51.7 Å². The number of aromatic nitrogens is 1. The Morgan fingerprint density at radius 3 is 2.74 bits per heavy atom. The molecule has 0 atom stereocenters. The Morgan fingerprint density at radius 2 is 2.04 bits per heavy atom. The zero-order chi connectivity index (χ0) is 19.0. The number of fused-ring (bicyclic) bond motifs is 1. The summed E-state index contributed by atoms with van der Waals surface area (Å²) in [6, 6.07) is 8.01. The lowest BCUT2D eigenvalue weighted by Crippen LogP contribution is -2.55. The predicted molar refractivity (Wildman–Crippen MR) is 104 cm³/mol. The maximum atomic E-state index is 12.4. The topological polar surface area (TPSA) is 86.6 Å². The molecule has 0 bridgehead atoms. The van der Waals surface area contributed by atoms with Gasteiger partial charge in [-0.3, -0.25) is 9.69 Å². The van der Waals surface area contributed by atoms with Gasteiger partial charge in [-0.05, 0) is 43.7 Å². The Balaban J connectivity index is 1.30. The number of amides is 2. The molecule has 7 heteroatoms. The summed E-state index contributed by atoms with van der Waals surface area (Å²) in [5.74, 6) is -0.120. The zero-order valence-electron chi connectivity index (χ0n) is 15.5. The van der Waals surface area contributed by atoms with Crippen LogP contribution in [0.2, 0.25) is 0 Å². The number of hydrogen-bond donors (Lipinski definition) is 3. The third-order valence-electron chi connectivity index (χ3n) is 5.64. The van der Waals surface area contributed by atoms with Gasteiger partial charge in [0.2, 0.25) is 0 Å². The minimum absolute atomic E-state index is 0.0928. The van der Waals surface area contributed by atoms with Crippen molar-refractivity contribution in [1.29, 1.82) is 0 Å². The number of para-hydroxylation sites is 1. The Hall–Kier alpha value is -2.54. The van der Waals surface area contributed by atoms with E-state index in [2.05, 4.69) is 15.5 Å². The maximum Gasteiger partial charge on any atom is 0.319 e. The summed E-state index contributed by atoms with van der Waals surface area (Å²) in [4.78, 5) is 25.6. The minimum Gasteiger partial charge on any atom is -0.480 e. The fourth-order valence-corrected chi connectivity index (χ4v) is 3.95. The molecule has 3 N–H and O–H groups in total. The average Bonchev–Trinajstić information content (AvgIpc) is 3.31. The van der Waals surface area contributed by atoms with Crippen molar-refractivity contribution in [1.82, 2.24) is 14.8 Å². The molecule has 1 aromatic carbocycles. The van der Waals surface area contributed by atoms with Crippen molar-refractivity contribution in [2.24, 2.45) is 13.0 Å². The van der Waals surface area contributed by atoms with E-state index in [0.717, 1.165) is 36.0 Å². The van der Waals surface area contributed by atoms with Crippen molar-refractivity contribution in [2.75, 3.05) is 18.4 Å². The van der Waals surface area contributed by atoms with Crippen molar-refractivity contribution in [3.05, 3.63) is 30.5 Å².